The first-order chi connectivity index (χ1) is 15.2. The molecule has 2 amide bonds. The Morgan fingerprint density at radius 2 is 1.94 bits per heavy atom. The third kappa shape index (κ3) is 7.43. The molecule has 2 heterocycles. The van der Waals surface area contributed by atoms with Gasteiger partial charge in [-0.15, -0.1) is 0 Å². The van der Waals surface area contributed by atoms with Gasteiger partial charge < -0.3 is 23.7 Å². The monoisotopic (exact) mass is 428 g/mol. The molecule has 1 fully saturated rings. The number of unbranched alkanes of at least 4 members (excludes halogenated alkanes) is 1. The number of para-hydroxylation sites is 1. The van der Waals surface area contributed by atoms with Crippen molar-refractivity contribution in [2.75, 3.05) is 32.8 Å². The van der Waals surface area contributed by atoms with Gasteiger partial charge in [0, 0.05) is 19.7 Å². The van der Waals surface area contributed by atoms with Crippen LogP contribution in [0.2, 0.25) is 0 Å². The summed E-state index contributed by atoms with van der Waals surface area (Å²) in [6.07, 6.45) is 5.33. The highest BCUT2D eigenvalue weighted by atomic mass is 16.5. The molecule has 31 heavy (non-hydrogen) atoms. The molecule has 1 aliphatic rings. The van der Waals surface area contributed by atoms with Crippen LogP contribution in [0.4, 0.5) is 0 Å². The molecule has 0 radical (unpaired) electrons. The molecule has 0 N–H and O–H groups in total. The Balaban J connectivity index is 1.62. The predicted octanol–water partition coefficient (Wildman–Crippen LogP) is 3.49. The van der Waals surface area contributed by atoms with Gasteiger partial charge in [0.1, 0.15) is 11.5 Å². The molecule has 168 valence electrons. The van der Waals surface area contributed by atoms with Crippen LogP contribution in [0.15, 0.2) is 53.1 Å². The molecule has 0 bridgehead atoms. The molecule has 0 saturated carbocycles. The van der Waals surface area contributed by atoms with Crippen molar-refractivity contribution in [1.29, 1.82) is 0 Å². The molecule has 3 rings (SSSR count). The van der Waals surface area contributed by atoms with E-state index in [-0.39, 0.29) is 31.1 Å². The average molecular weight is 429 g/mol. The normalized spacial score (nSPS) is 15.6. The lowest BCUT2D eigenvalue weighted by molar-refractivity contribution is -0.143. The first-order valence-electron chi connectivity index (χ1n) is 11.0. The second-order valence-electron chi connectivity index (χ2n) is 7.76. The van der Waals surface area contributed by atoms with Gasteiger partial charge in [-0.2, -0.15) is 0 Å². The summed E-state index contributed by atoms with van der Waals surface area (Å²) in [5.41, 5.74) is 0. The molecule has 1 aliphatic heterocycles. The van der Waals surface area contributed by atoms with Crippen LogP contribution in [-0.4, -0.2) is 60.6 Å². The minimum atomic E-state index is -0.194. The molecule has 2 aromatic rings. The van der Waals surface area contributed by atoms with Crippen LogP contribution in [-0.2, 0) is 20.9 Å². The van der Waals surface area contributed by atoms with E-state index in [1.807, 2.05) is 42.5 Å². The van der Waals surface area contributed by atoms with Crippen molar-refractivity contribution in [2.45, 2.75) is 45.3 Å². The fourth-order valence-electron chi connectivity index (χ4n) is 3.54. The van der Waals surface area contributed by atoms with Crippen LogP contribution >= 0.6 is 0 Å². The van der Waals surface area contributed by atoms with E-state index in [9.17, 15) is 9.59 Å². The third-order valence-electron chi connectivity index (χ3n) is 5.29. The van der Waals surface area contributed by atoms with Gasteiger partial charge in [-0.05, 0) is 43.5 Å². The van der Waals surface area contributed by atoms with Gasteiger partial charge in [0.2, 0.25) is 5.91 Å². The summed E-state index contributed by atoms with van der Waals surface area (Å²) in [5, 5.41) is 0. The Labute approximate surface area is 183 Å². The van der Waals surface area contributed by atoms with Crippen LogP contribution in [0, 0.1) is 0 Å². The van der Waals surface area contributed by atoms with Gasteiger partial charge in [0.05, 0.1) is 25.5 Å². The summed E-state index contributed by atoms with van der Waals surface area (Å²) in [7, 11) is 0. The lowest BCUT2D eigenvalue weighted by Gasteiger charge is -2.28. The number of hydrogen-bond acceptors (Lipinski definition) is 5. The SMILES string of the molecule is CCCCN(CC(=O)N(Cc1ccco1)C[C@@H]1CCCO1)C(=O)COc1ccccc1. The molecule has 0 aliphatic carbocycles. The molecule has 1 saturated heterocycles. The van der Waals surface area contributed by atoms with Crippen LogP contribution in [0.25, 0.3) is 0 Å². The van der Waals surface area contributed by atoms with E-state index >= 15 is 0 Å². The van der Waals surface area contributed by atoms with Gasteiger partial charge in [-0.1, -0.05) is 31.5 Å². The average Bonchev–Trinajstić information content (AvgIpc) is 3.49. The van der Waals surface area contributed by atoms with Crippen molar-refractivity contribution in [2.24, 2.45) is 0 Å². The molecule has 0 spiro atoms. The number of nitrogens with zero attached hydrogens (tertiary/aromatic N) is 2. The second kappa shape index (κ2) is 12.2. The summed E-state index contributed by atoms with van der Waals surface area (Å²) >= 11 is 0. The number of carbonyl (C=O) groups excluding carboxylic acids is 2. The zero-order chi connectivity index (χ0) is 21.9. The van der Waals surface area contributed by atoms with Crippen molar-refractivity contribution in [3.05, 3.63) is 54.5 Å². The van der Waals surface area contributed by atoms with Crippen LogP contribution in [0.1, 0.15) is 38.4 Å². The minimum Gasteiger partial charge on any atom is -0.484 e. The first-order valence-corrected chi connectivity index (χ1v) is 11.0. The minimum absolute atomic E-state index is 0.0183. The summed E-state index contributed by atoms with van der Waals surface area (Å²) in [5.74, 6) is 1.04. The highest BCUT2D eigenvalue weighted by Gasteiger charge is 2.26. The van der Waals surface area contributed by atoms with E-state index in [0.717, 1.165) is 32.3 Å². The Morgan fingerprint density at radius 3 is 2.61 bits per heavy atom. The Bertz CT molecular complexity index is 788. The van der Waals surface area contributed by atoms with Crippen molar-refractivity contribution >= 4 is 11.8 Å². The largest absolute Gasteiger partial charge is 0.484 e. The summed E-state index contributed by atoms with van der Waals surface area (Å²) < 4.78 is 16.8. The molecule has 0 unspecified atom stereocenters. The number of amides is 2. The highest BCUT2D eigenvalue weighted by molar-refractivity contribution is 5.85. The Morgan fingerprint density at radius 1 is 1.10 bits per heavy atom. The van der Waals surface area contributed by atoms with E-state index in [1.54, 1.807) is 16.1 Å². The van der Waals surface area contributed by atoms with Gasteiger partial charge in [0.15, 0.2) is 6.61 Å². The van der Waals surface area contributed by atoms with E-state index in [2.05, 4.69) is 6.92 Å². The maximum atomic E-state index is 13.2. The van der Waals surface area contributed by atoms with Crippen molar-refractivity contribution in [1.82, 2.24) is 9.80 Å². The molecule has 7 heteroatoms. The number of hydrogen-bond donors (Lipinski definition) is 0. The molecular formula is C24H32N2O5. The van der Waals surface area contributed by atoms with Gasteiger partial charge in [-0.25, -0.2) is 0 Å². The van der Waals surface area contributed by atoms with Crippen LogP contribution in [0.5, 0.6) is 5.75 Å². The van der Waals surface area contributed by atoms with Gasteiger partial charge >= 0.3 is 0 Å². The standard InChI is InChI=1S/C24H32N2O5/c1-2-3-13-25(24(28)19-31-20-9-5-4-6-10-20)18-23(27)26(16-21-11-7-14-29-21)17-22-12-8-15-30-22/h4-7,9-11,14,22H,2-3,8,12-13,15-19H2,1H3/t22-/m0/s1. The third-order valence-corrected chi connectivity index (χ3v) is 5.29. The van der Waals surface area contributed by atoms with Gasteiger partial charge in [0.25, 0.3) is 5.91 Å². The predicted molar refractivity (Wildman–Crippen MR) is 117 cm³/mol. The number of carbonyl (C=O) groups is 2. The van der Waals surface area contributed by atoms with E-state index < -0.39 is 0 Å². The van der Waals surface area contributed by atoms with Gasteiger partial charge in [-0.3, -0.25) is 9.59 Å². The topological polar surface area (TPSA) is 72.2 Å². The first kappa shape index (κ1) is 22.9. The van der Waals surface area contributed by atoms with E-state index in [1.165, 1.54) is 0 Å². The van der Waals surface area contributed by atoms with Crippen molar-refractivity contribution in [3.8, 4) is 5.75 Å². The number of benzene rings is 1. The summed E-state index contributed by atoms with van der Waals surface area (Å²) in [4.78, 5) is 29.4. The quantitative estimate of drug-likeness (QED) is 0.517. The lowest BCUT2D eigenvalue weighted by atomic mass is 10.2. The summed E-state index contributed by atoms with van der Waals surface area (Å²) in [6.45, 7) is 4.10. The number of ether oxygens (including phenoxy) is 2. The van der Waals surface area contributed by atoms with Crippen molar-refractivity contribution < 1.29 is 23.5 Å². The zero-order valence-corrected chi connectivity index (χ0v) is 18.2. The van der Waals surface area contributed by atoms with Crippen molar-refractivity contribution in [3.63, 3.8) is 0 Å². The van der Waals surface area contributed by atoms with E-state index in [4.69, 9.17) is 13.9 Å². The molecule has 1 aromatic heterocycles. The molecule has 1 atom stereocenters. The molecule has 7 nitrogen and oxygen atoms in total. The fourth-order valence-corrected chi connectivity index (χ4v) is 3.54. The number of furan rings is 1. The maximum absolute atomic E-state index is 13.2. The zero-order valence-electron chi connectivity index (χ0n) is 18.2. The summed E-state index contributed by atoms with van der Waals surface area (Å²) in [6, 6.07) is 12.9. The lowest BCUT2D eigenvalue weighted by Crippen LogP contribution is -2.46. The highest BCUT2D eigenvalue weighted by Crippen LogP contribution is 2.16. The second-order valence-corrected chi connectivity index (χ2v) is 7.76. The van der Waals surface area contributed by atoms with Crippen LogP contribution < -0.4 is 4.74 Å². The molecule has 1 aromatic carbocycles. The fraction of sp³-hybridized carbons (Fsp3) is 0.500. The van der Waals surface area contributed by atoms with E-state index in [0.29, 0.717) is 31.1 Å². The Kier molecular flexibility index (Phi) is 8.97. The molecular weight excluding hydrogens is 396 g/mol. The maximum Gasteiger partial charge on any atom is 0.260 e. The smallest absolute Gasteiger partial charge is 0.260 e. The number of rotatable bonds is 12. The van der Waals surface area contributed by atoms with Crippen LogP contribution in [0.3, 0.4) is 0 Å². The Hall–Kier alpha value is -2.80.